The van der Waals surface area contributed by atoms with Gasteiger partial charge in [-0.15, -0.1) is 0 Å². The highest BCUT2D eigenvalue weighted by Gasteiger charge is 2.37. The number of benzene rings is 3. The number of para-hydroxylation sites is 1. The molecule has 31 N–H and O–H groups in total. The van der Waals surface area contributed by atoms with E-state index in [9.17, 15) is 62.6 Å². The molecule has 0 aliphatic rings. The van der Waals surface area contributed by atoms with Crippen LogP contribution in [0.2, 0.25) is 0 Å². The molecule has 1 heterocycles. The number of carbonyl (C=O) groups is 12. The maximum absolute atomic E-state index is 14.9. The normalized spacial score (nSPS) is 13.9. The number of primary amides is 2. The molecule has 1 aromatic heterocycles. The van der Waals surface area contributed by atoms with E-state index in [1.807, 2.05) is 6.07 Å². The van der Waals surface area contributed by atoms with Crippen LogP contribution in [0.5, 0.6) is 0 Å². The third kappa shape index (κ3) is 30.9. The lowest BCUT2D eigenvalue weighted by molar-refractivity contribution is -0.143. The van der Waals surface area contributed by atoms with Crippen LogP contribution in [-0.4, -0.2) is 186 Å². The van der Waals surface area contributed by atoms with Crippen LogP contribution in [0.25, 0.3) is 10.9 Å². The van der Waals surface area contributed by atoms with Crippen molar-refractivity contribution in [3.05, 3.63) is 108 Å². The zero-order chi connectivity index (χ0) is 76.1. The van der Waals surface area contributed by atoms with Crippen molar-refractivity contribution in [2.45, 2.75) is 171 Å². The molecule has 0 aliphatic carbocycles. The molecule has 3 aromatic carbocycles. The number of amides is 11. The molecule has 4 rings (SSSR count). The Kier molecular flexibility index (Phi) is 35.8. The molecule has 10 atom stereocenters. The molecule has 36 nitrogen and oxygen atoms in total. The number of aliphatic carboxylic acids is 1. The first-order valence-corrected chi connectivity index (χ1v) is 33.7. The minimum Gasteiger partial charge on any atom is -0.480 e. The molecule has 4 aromatic rings. The largest absolute Gasteiger partial charge is 0.480 e. The summed E-state index contributed by atoms with van der Waals surface area (Å²) < 4.78 is 0. The number of hydrogen-bond donors (Lipinski definition) is 21. The highest BCUT2D eigenvalue weighted by Crippen LogP contribution is 2.20. The standard InChI is InChI=1S/C67H101N23O13/c1-37(2)54(63(101)86-48(64(102)103)25-15-31-80-67(76)77)90-59(97)44(22-11-12-28-68)82-56(94)45(23-13-29-78-65(72)73)84-60(98)49(33-39-18-7-4-8-19-39)88-62(100)51(35-53(71)92)89-57(95)46(24-14-30-79-66(74)75)83-58(96)47(26-27-52(70)91)85-61(99)50(34-40-36-81-43-21-10-9-20-41(40)43)87-55(93)42(69)32-38-16-5-3-6-17-38/h3-10,16-21,36-37,42,44-51,54,81H,11-15,22-35,68-69H2,1-2H3,(H2,70,91)(H2,71,92)(H,82,94)(H,83,96)(H,84,98)(H,85,99)(H,86,101)(H,87,93)(H,88,100)(H,89,95)(H,90,97)(H,102,103)(H4,72,73,78)(H4,74,75,79)(H4,76,77,80)/t42-,44-,45-,46-,47-,48-,49-,50-,51-,54-/m0/s1. The summed E-state index contributed by atoms with van der Waals surface area (Å²) in [6.45, 7) is 3.34. The van der Waals surface area contributed by atoms with Crippen molar-refractivity contribution in [1.82, 2.24) is 52.8 Å². The molecule has 0 spiro atoms. The zero-order valence-electron chi connectivity index (χ0n) is 57.9. The summed E-state index contributed by atoms with van der Waals surface area (Å²) >= 11 is 0. The van der Waals surface area contributed by atoms with E-state index in [1.54, 1.807) is 98.9 Å². The second-order valence-corrected chi connectivity index (χ2v) is 24.9. The van der Waals surface area contributed by atoms with E-state index < -0.39 is 157 Å². The fourth-order valence-electron chi connectivity index (χ4n) is 10.7. The quantitative estimate of drug-likeness (QED) is 0.0112. The fraction of sp³-hybridized carbons (Fsp3) is 0.478. The summed E-state index contributed by atoms with van der Waals surface area (Å²) in [5.41, 5.74) is 59.1. The van der Waals surface area contributed by atoms with Crippen LogP contribution in [0, 0.1) is 5.92 Å². The van der Waals surface area contributed by atoms with Gasteiger partial charge < -0.3 is 115 Å². The Morgan fingerprint density at radius 1 is 0.417 bits per heavy atom. The van der Waals surface area contributed by atoms with Crippen LogP contribution in [0.15, 0.2) is 106 Å². The average Bonchev–Trinajstić information content (AvgIpc) is 1.71. The number of H-pyrrole nitrogens is 1. The van der Waals surface area contributed by atoms with E-state index in [1.165, 1.54) is 0 Å². The number of carboxylic acid groups (broad SMARTS) is 1. The second kappa shape index (κ2) is 44.0. The van der Waals surface area contributed by atoms with E-state index in [4.69, 9.17) is 57.3 Å². The van der Waals surface area contributed by atoms with Crippen molar-refractivity contribution in [2.75, 3.05) is 26.2 Å². The van der Waals surface area contributed by atoms with Crippen LogP contribution in [0.3, 0.4) is 0 Å². The average molecular weight is 1440 g/mol. The number of rotatable bonds is 47. The topological polar surface area (TPSA) is 646 Å². The maximum Gasteiger partial charge on any atom is 0.326 e. The molecular formula is C67H101N23O13. The molecule has 0 fully saturated rings. The predicted molar refractivity (Wildman–Crippen MR) is 385 cm³/mol. The Labute approximate surface area is 595 Å². The van der Waals surface area contributed by atoms with Gasteiger partial charge >= 0.3 is 5.97 Å². The lowest BCUT2D eigenvalue weighted by atomic mass is 10.0. The first kappa shape index (κ1) is 84.0. The van der Waals surface area contributed by atoms with Gasteiger partial charge in [0, 0.05) is 56.0 Å². The Bertz CT molecular complexity index is 3580. The molecule has 0 saturated carbocycles. The van der Waals surface area contributed by atoms with Crippen LogP contribution in [-0.2, 0) is 76.8 Å². The van der Waals surface area contributed by atoms with Gasteiger partial charge in [0.05, 0.1) is 12.5 Å². The predicted octanol–water partition coefficient (Wildman–Crippen LogP) is -4.94. The van der Waals surface area contributed by atoms with Gasteiger partial charge in [0.1, 0.15) is 54.4 Å². The van der Waals surface area contributed by atoms with Gasteiger partial charge in [-0.1, -0.05) is 92.7 Å². The van der Waals surface area contributed by atoms with E-state index in [2.05, 4.69) is 67.8 Å². The SMILES string of the molecule is CC(C)[C@H](NC(=O)[C@H](CCCCN)NC(=O)[C@H](CCCN=C(N)N)NC(=O)[C@H](Cc1ccccc1)NC(=O)[C@H](CC(N)=O)NC(=O)[C@H](CCCN=C(N)N)NC(=O)[C@H](CCC(N)=O)NC(=O)[C@H](Cc1c[nH]c2ccccc12)NC(=O)[C@@H](N)Cc1ccccc1)C(=O)N[C@@H](CCCN=C(N)N)C(=O)O. The Balaban J connectivity index is 1.68. The van der Waals surface area contributed by atoms with E-state index in [-0.39, 0.29) is 115 Å². The van der Waals surface area contributed by atoms with Crippen molar-refractivity contribution < 1.29 is 62.6 Å². The molecule has 0 aliphatic heterocycles. The third-order valence-electron chi connectivity index (χ3n) is 16.2. The number of aliphatic imine (C=N–C) groups is 3. The summed E-state index contributed by atoms with van der Waals surface area (Å²) in [6.07, 6.45) is -0.142. The Hall–Kier alpha value is -11.4. The van der Waals surface area contributed by atoms with Gasteiger partial charge in [-0.05, 0) is 106 Å². The van der Waals surface area contributed by atoms with Gasteiger partial charge in [-0.25, -0.2) is 4.79 Å². The lowest BCUT2D eigenvalue weighted by Crippen LogP contribution is -2.61. The van der Waals surface area contributed by atoms with E-state index >= 15 is 0 Å². The first-order chi connectivity index (χ1) is 49.0. The lowest BCUT2D eigenvalue weighted by Gasteiger charge is -2.29. The number of nitrogens with one attached hydrogen (secondary N) is 10. The fourth-order valence-corrected chi connectivity index (χ4v) is 10.7. The van der Waals surface area contributed by atoms with Crippen molar-refractivity contribution in [3.8, 4) is 0 Å². The number of hydrogen-bond acceptors (Lipinski definition) is 17. The zero-order valence-corrected chi connectivity index (χ0v) is 57.9. The molecule has 0 saturated heterocycles. The second-order valence-electron chi connectivity index (χ2n) is 24.9. The highest BCUT2D eigenvalue weighted by atomic mass is 16.4. The number of unbranched alkanes of at least 4 members (excludes halogenated alkanes) is 1. The van der Waals surface area contributed by atoms with Crippen molar-refractivity contribution in [1.29, 1.82) is 0 Å². The number of guanidine groups is 3. The maximum atomic E-state index is 14.9. The number of aromatic nitrogens is 1. The molecule has 562 valence electrons. The molecule has 103 heavy (non-hydrogen) atoms. The molecule has 36 heteroatoms. The summed E-state index contributed by atoms with van der Waals surface area (Å²) in [7, 11) is 0. The minimum atomic E-state index is -1.89. The number of nitrogens with two attached hydrogens (primary N) is 10. The van der Waals surface area contributed by atoms with Crippen molar-refractivity contribution in [3.63, 3.8) is 0 Å². The Morgan fingerprint density at radius 3 is 1.27 bits per heavy atom. The smallest absolute Gasteiger partial charge is 0.326 e. The number of carboxylic acids is 1. The third-order valence-corrected chi connectivity index (χ3v) is 16.2. The minimum absolute atomic E-state index is 0.0165. The van der Waals surface area contributed by atoms with Crippen molar-refractivity contribution in [2.24, 2.45) is 78.2 Å². The highest BCUT2D eigenvalue weighted by molar-refractivity contribution is 6.00. The van der Waals surface area contributed by atoms with Crippen molar-refractivity contribution >= 4 is 99.7 Å². The summed E-state index contributed by atoms with van der Waals surface area (Å²) in [6, 6.07) is 9.35. The number of carbonyl (C=O) groups excluding carboxylic acids is 11. The monoisotopic (exact) mass is 1440 g/mol. The van der Waals surface area contributed by atoms with Crippen LogP contribution in [0.1, 0.15) is 108 Å². The number of aromatic amines is 1. The summed E-state index contributed by atoms with van der Waals surface area (Å²) in [5, 5.41) is 34.0. The van der Waals surface area contributed by atoms with Gasteiger partial charge in [0.25, 0.3) is 0 Å². The Morgan fingerprint density at radius 2 is 0.806 bits per heavy atom. The number of fused-ring (bicyclic) bond motifs is 1. The summed E-state index contributed by atoms with van der Waals surface area (Å²) in [4.78, 5) is 182. The van der Waals surface area contributed by atoms with Gasteiger partial charge in [-0.3, -0.25) is 67.7 Å². The van der Waals surface area contributed by atoms with E-state index in [0.29, 0.717) is 17.5 Å². The van der Waals surface area contributed by atoms with Crippen LogP contribution < -0.4 is 105 Å². The van der Waals surface area contributed by atoms with Gasteiger partial charge in [0.2, 0.25) is 65.0 Å². The first-order valence-electron chi connectivity index (χ1n) is 33.7. The molecule has 0 bridgehead atoms. The van der Waals surface area contributed by atoms with Gasteiger partial charge in [0.15, 0.2) is 17.9 Å². The van der Waals surface area contributed by atoms with Gasteiger partial charge in [-0.2, -0.15) is 0 Å². The number of nitrogens with zero attached hydrogens (tertiary/aromatic N) is 3. The van der Waals surface area contributed by atoms with Crippen LogP contribution in [0.4, 0.5) is 0 Å². The molecule has 0 unspecified atom stereocenters. The molecule has 11 amide bonds. The van der Waals surface area contributed by atoms with E-state index in [0.717, 1.165) is 16.5 Å². The summed E-state index contributed by atoms with van der Waals surface area (Å²) in [5.74, 6) is -13.3. The molecule has 0 radical (unpaired) electrons. The van der Waals surface area contributed by atoms with Crippen LogP contribution >= 0.6 is 0 Å². The molecular weight excluding hydrogens is 1330 g/mol.